The number of ether oxygens (including phenoxy) is 1. The highest BCUT2D eigenvalue weighted by Gasteiger charge is 2.24. The molecule has 0 bridgehead atoms. The zero-order chi connectivity index (χ0) is 18.1. The van der Waals surface area contributed by atoms with Crippen LogP contribution in [0.15, 0.2) is 22.8 Å². The molecule has 1 saturated heterocycles. The van der Waals surface area contributed by atoms with Crippen molar-refractivity contribution in [2.24, 2.45) is 0 Å². The first-order chi connectivity index (χ1) is 12.1. The van der Waals surface area contributed by atoms with E-state index in [1.165, 1.54) is 13.4 Å². The van der Waals surface area contributed by atoms with Crippen molar-refractivity contribution in [2.45, 2.75) is 25.7 Å². The summed E-state index contributed by atoms with van der Waals surface area (Å²) < 4.78 is 9.77. The number of amides is 1. The molecule has 0 radical (unpaired) electrons. The number of hydrogen-bond donors (Lipinski definition) is 1. The molecule has 2 rings (SSSR count). The van der Waals surface area contributed by atoms with Crippen molar-refractivity contribution in [2.75, 3.05) is 39.8 Å². The molecule has 0 atom stereocenters. The quantitative estimate of drug-likeness (QED) is 0.446. The molecule has 1 aromatic rings. The molecule has 0 aromatic carbocycles. The van der Waals surface area contributed by atoms with Gasteiger partial charge in [-0.3, -0.25) is 9.59 Å². The number of methoxy groups -OCH3 is 1. The molecule has 0 saturated carbocycles. The van der Waals surface area contributed by atoms with E-state index in [-0.39, 0.29) is 11.9 Å². The molecular formula is C17H25N3O4S. The van der Waals surface area contributed by atoms with Gasteiger partial charge in [0.15, 0.2) is 10.9 Å². The van der Waals surface area contributed by atoms with Crippen LogP contribution in [0.2, 0.25) is 0 Å². The number of rotatable bonds is 7. The standard InChI is InChI=1S/C17H25N3O4S/c1-23-15(21)7-3-2-4-8-18-17(25)20-11-9-19(10-12-20)16(22)14-6-5-13-24-14/h5-6,13H,2-4,7-12H2,1H3,(H,18,25). The molecule has 1 fully saturated rings. The molecule has 0 spiro atoms. The molecule has 1 N–H and O–H groups in total. The summed E-state index contributed by atoms with van der Waals surface area (Å²) in [7, 11) is 1.41. The molecule has 7 nitrogen and oxygen atoms in total. The zero-order valence-corrected chi connectivity index (χ0v) is 15.3. The highest BCUT2D eigenvalue weighted by molar-refractivity contribution is 7.80. The van der Waals surface area contributed by atoms with Crippen LogP contribution >= 0.6 is 12.2 Å². The van der Waals surface area contributed by atoms with E-state index >= 15 is 0 Å². The Balaban J connectivity index is 1.59. The first-order valence-electron chi connectivity index (χ1n) is 8.54. The maximum Gasteiger partial charge on any atom is 0.305 e. The zero-order valence-electron chi connectivity index (χ0n) is 14.5. The van der Waals surface area contributed by atoms with Crippen LogP contribution < -0.4 is 5.32 Å². The van der Waals surface area contributed by atoms with Gasteiger partial charge in [-0.15, -0.1) is 0 Å². The lowest BCUT2D eigenvalue weighted by Gasteiger charge is -2.35. The molecule has 138 valence electrons. The predicted molar refractivity (Wildman–Crippen MR) is 97.3 cm³/mol. The lowest BCUT2D eigenvalue weighted by molar-refractivity contribution is -0.140. The summed E-state index contributed by atoms with van der Waals surface area (Å²) in [6.45, 7) is 3.45. The predicted octanol–water partition coefficient (Wildman–Crippen LogP) is 1.65. The number of hydrogen-bond acceptors (Lipinski definition) is 5. The maximum absolute atomic E-state index is 12.2. The minimum Gasteiger partial charge on any atom is -0.469 e. The second-order valence-electron chi connectivity index (χ2n) is 5.88. The SMILES string of the molecule is COC(=O)CCCCCNC(=S)N1CCN(C(=O)c2ccco2)CC1. The van der Waals surface area contributed by atoms with Crippen molar-refractivity contribution in [3.8, 4) is 0 Å². The van der Waals surface area contributed by atoms with E-state index in [1.807, 2.05) is 0 Å². The normalized spacial score (nSPS) is 14.3. The fourth-order valence-corrected chi connectivity index (χ4v) is 2.93. The second kappa shape index (κ2) is 10.0. The molecule has 1 aliphatic rings. The summed E-state index contributed by atoms with van der Waals surface area (Å²) in [5.41, 5.74) is 0. The average molecular weight is 367 g/mol. The van der Waals surface area contributed by atoms with Gasteiger partial charge >= 0.3 is 5.97 Å². The first kappa shape index (κ1) is 19.2. The van der Waals surface area contributed by atoms with Gasteiger partial charge < -0.3 is 24.3 Å². The fraction of sp³-hybridized carbons (Fsp3) is 0.588. The van der Waals surface area contributed by atoms with Crippen molar-refractivity contribution in [1.29, 1.82) is 0 Å². The summed E-state index contributed by atoms with van der Waals surface area (Å²) in [6, 6.07) is 3.40. The van der Waals surface area contributed by atoms with E-state index in [0.29, 0.717) is 38.4 Å². The lowest BCUT2D eigenvalue weighted by Crippen LogP contribution is -2.53. The summed E-state index contributed by atoms with van der Waals surface area (Å²) in [6.07, 6.45) is 4.71. The summed E-state index contributed by atoms with van der Waals surface area (Å²) in [4.78, 5) is 27.1. The van der Waals surface area contributed by atoms with Crippen LogP contribution in [0.1, 0.15) is 36.2 Å². The van der Waals surface area contributed by atoms with Gasteiger partial charge in [-0.05, 0) is 37.2 Å². The van der Waals surface area contributed by atoms with Gasteiger partial charge in [0.1, 0.15) is 0 Å². The summed E-state index contributed by atoms with van der Waals surface area (Å²) in [5, 5.41) is 3.97. The van der Waals surface area contributed by atoms with Crippen molar-refractivity contribution in [3.05, 3.63) is 24.2 Å². The van der Waals surface area contributed by atoms with Crippen LogP contribution in [-0.2, 0) is 9.53 Å². The molecular weight excluding hydrogens is 342 g/mol. The molecule has 25 heavy (non-hydrogen) atoms. The highest BCUT2D eigenvalue weighted by Crippen LogP contribution is 2.09. The van der Waals surface area contributed by atoms with E-state index < -0.39 is 0 Å². The monoisotopic (exact) mass is 367 g/mol. The molecule has 0 unspecified atom stereocenters. The van der Waals surface area contributed by atoms with Gasteiger partial charge in [-0.2, -0.15) is 0 Å². The number of furan rings is 1. The minimum atomic E-state index is -0.162. The van der Waals surface area contributed by atoms with Crippen LogP contribution in [0.25, 0.3) is 0 Å². The van der Waals surface area contributed by atoms with E-state index in [2.05, 4.69) is 15.0 Å². The Morgan fingerprint density at radius 3 is 2.56 bits per heavy atom. The summed E-state index contributed by atoms with van der Waals surface area (Å²) >= 11 is 5.42. The van der Waals surface area contributed by atoms with Gasteiger partial charge in [0.2, 0.25) is 0 Å². The number of piperazine rings is 1. The summed E-state index contributed by atoms with van der Waals surface area (Å²) in [5.74, 6) is 0.140. The smallest absolute Gasteiger partial charge is 0.305 e. The molecule has 0 aliphatic carbocycles. The Hall–Kier alpha value is -2.09. The fourth-order valence-electron chi connectivity index (χ4n) is 2.65. The van der Waals surface area contributed by atoms with Crippen LogP contribution in [0.5, 0.6) is 0 Å². The molecule has 8 heteroatoms. The Bertz CT molecular complexity index is 568. The number of unbranched alkanes of at least 4 members (excludes halogenated alkanes) is 2. The Labute approximate surface area is 153 Å². The van der Waals surface area contributed by atoms with E-state index in [9.17, 15) is 9.59 Å². The van der Waals surface area contributed by atoms with Gasteiger partial charge in [0.25, 0.3) is 5.91 Å². The van der Waals surface area contributed by atoms with Crippen molar-refractivity contribution in [3.63, 3.8) is 0 Å². The number of carbonyl (C=O) groups excluding carboxylic acids is 2. The van der Waals surface area contributed by atoms with Gasteiger partial charge in [0.05, 0.1) is 13.4 Å². The lowest BCUT2D eigenvalue weighted by atomic mass is 10.2. The largest absolute Gasteiger partial charge is 0.469 e. The van der Waals surface area contributed by atoms with Gasteiger partial charge in [-0.1, -0.05) is 6.42 Å². The second-order valence-corrected chi connectivity index (χ2v) is 6.26. The van der Waals surface area contributed by atoms with Gasteiger partial charge in [0, 0.05) is 39.1 Å². The van der Waals surface area contributed by atoms with Crippen molar-refractivity contribution in [1.82, 2.24) is 15.1 Å². The Morgan fingerprint density at radius 2 is 1.92 bits per heavy atom. The van der Waals surface area contributed by atoms with Crippen molar-refractivity contribution < 1.29 is 18.7 Å². The molecule has 1 aromatic heterocycles. The third-order valence-electron chi connectivity index (χ3n) is 4.15. The number of esters is 1. The number of thiocarbonyl (C=S) groups is 1. The van der Waals surface area contributed by atoms with Crippen molar-refractivity contribution >= 4 is 29.2 Å². The minimum absolute atomic E-state index is 0.0749. The average Bonchev–Trinajstić information content (AvgIpc) is 3.18. The van der Waals surface area contributed by atoms with Gasteiger partial charge in [-0.25, -0.2) is 0 Å². The van der Waals surface area contributed by atoms with Crippen LogP contribution in [0, 0.1) is 0 Å². The topological polar surface area (TPSA) is 75.0 Å². The van der Waals surface area contributed by atoms with E-state index in [1.54, 1.807) is 17.0 Å². The molecule has 1 amide bonds. The Morgan fingerprint density at radius 1 is 1.20 bits per heavy atom. The number of nitrogens with one attached hydrogen (secondary N) is 1. The highest BCUT2D eigenvalue weighted by atomic mass is 32.1. The Kier molecular flexibility index (Phi) is 7.72. The third kappa shape index (κ3) is 6.04. The maximum atomic E-state index is 12.2. The molecule has 2 heterocycles. The van der Waals surface area contributed by atoms with E-state index in [0.717, 1.165) is 30.9 Å². The first-order valence-corrected chi connectivity index (χ1v) is 8.95. The van der Waals surface area contributed by atoms with Crippen LogP contribution in [0.3, 0.4) is 0 Å². The van der Waals surface area contributed by atoms with Crippen LogP contribution in [0.4, 0.5) is 0 Å². The number of nitrogens with zero attached hydrogens (tertiary/aromatic N) is 2. The third-order valence-corrected chi connectivity index (χ3v) is 4.55. The molecule has 1 aliphatic heterocycles. The van der Waals surface area contributed by atoms with Crippen LogP contribution in [-0.4, -0.2) is 66.6 Å². The number of carbonyl (C=O) groups is 2. The van der Waals surface area contributed by atoms with E-state index in [4.69, 9.17) is 16.6 Å².